The molecule has 10 aliphatic carbocycles. The molecular formula is C32H34O4. The van der Waals surface area contributed by atoms with Crippen LogP contribution in [0.15, 0.2) is 48.6 Å². The molecule has 2 saturated carbocycles. The summed E-state index contributed by atoms with van der Waals surface area (Å²) in [5, 5.41) is 0. The van der Waals surface area contributed by atoms with Gasteiger partial charge in [0.2, 0.25) is 0 Å². The minimum atomic E-state index is 0.302. The normalized spacial score (nSPS) is 50.0. The van der Waals surface area contributed by atoms with Crippen molar-refractivity contribution in [2.45, 2.75) is 35.9 Å². The first-order valence-corrected chi connectivity index (χ1v) is 13.8. The number of rotatable bonds is 4. The van der Waals surface area contributed by atoms with Crippen LogP contribution in [0.5, 0.6) is 11.5 Å². The SMILES string of the molecule is COc1c2c(c(OC)c3c1[C@@H]1C=C[C@H]3[C@@H]3[C@@H]1[C@@H]1C=C[C@H]3C1OC)[C@@H]1C=C[C@H]2[C@@H]2[C@H]1[C@@H]1C=C[C@H]2C1OC. The summed E-state index contributed by atoms with van der Waals surface area (Å²) < 4.78 is 25.1. The summed E-state index contributed by atoms with van der Waals surface area (Å²) in [6.07, 6.45) is 20.3. The Bertz CT molecular complexity index is 1120. The minimum Gasteiger partial charge on any atom is -0.496 e. The number of hydrogen-bond acceptors (Lipinski definition) is 4. The molecule has 11 rings (SSSR count). The van der Waals surface area contributed by atoms with E-state index in [0.29, 0.717) is 83.2 Å². The Morgan fingerprint density at radius 3 is 0.917 bits per heavy atom. The zero-order chi connectivity index (χ0) is 24.0. The van der Waals surface area contributed by atoms with E-state index in [4.69, 9.17) is 18.9 Å². The molecule has 8 bridgehead atoms. The molecule has 10 aliphatic rings. The van der Waals surface area contributed by atoms with Gasteiger partial charge in [0.05, 0.1) is 26.4 Å². The van der Waals surface area contributed by atoms with Crippen LogP contribution in [-0.2, 0) is 9.47 Å². The monoisotopic (exact) mass is 482 g/mol. The van der Waals surface area contributed by atoms with Crippen molar-refractivity contribution in [3.8, 4) is 11.5 Å². The van der Waals surface area contributed by atoms with Gasteiger partial charge in [-0.05, 0) is 23.7 Å². The molecule has 0 aromatic heterocycles. The van der Waals surface area contributed by atoms with E-state index >= 15 is 0 Å². The summed E-state index contributed by atoms with van der Waals surface area (Å²) in [5.41, 5.74) is 5.66. The average Bonchev–Trinajstić information content (AvgIpc) is 3.70. The third-order valence-corrected chi connectivity index (χ3v) is 11.9. The second-order valence-corrected chi connectivity index (χ2v) is 12.4. The van der Waals surface area contributed by atoms with Gasteiger partial charge >= 0.3 is 0 Å². The quantitative estimate of drug-likeness (QED) is 0.544. The smallest absolute Gasteiger partial charge is 0.127 e. The van der Waals surface area contributed by atoms with E-state index in [-0.39, 0.29) is 0 Å². The summed E-state index contributed by atoms with van der Waals surface area (Å²) in [7, 11) is 7.59. The first-order chi connectivity index (χ1) is 17.7. The Balaban J connectivity index is 1.29. The fraction of sp³-hybridized carbons (Fsp3) is 0.562. The molecule has 36 heavy (non-hydrogen) atoms. The van der Waals surface area contributed by atoms with Crippen LogP contribution in [0.25, 0.3) is 0 Å². The Kier molecular flexibility index (Phi) is 3.89. The molecule has 2 unspecified atom stereocenters. The van der Waals surface area contributed by atoms with Gasteiger partial charge < -0.3 is 18.9 Å². The van der Waals surface area contributed by atoms with Gasteiger partial charge in [-0.25, -0.2) is 0 Å². The van der Waals surface area contributed by atoms with Crippen LogP contribution in [-0.4, -0.2) is 40.6 Å². The van der Waals surface area contributed by atoms with Crippen molar-refractivity contribution in [2.24, 2.45) is 47.3 Å². The van der Waals surface area contributed by atoms with E-state index in [2.05, 4.69) is 48.6 Å². The van der Waals surface area contributed by atoms with E-state index in [9.17, 15) is 0 Å². The Labute approximate surface area is 213 Å². The molecule has 2 fully saturated rings. The number of ether oxygens (including phenoxy) is 4. The number of hydrogen-bond donors (Lipinski definition) is 0. The summed E-state index contributed by atoms with van der Waals surface area (Å²) in [6.45, 7) is 0. The van der Waals surface area contributed by atoms with Gasteiger partial charge in [0.15, 0.2) is 0 Å². The molecule has 1 aromatic rings. The van der Waals surface area contributed by atoms with Gasteiger partial charge in [-0.1, -0.05) is 48.6 Å². The topological polar surface area (TPSA) is 36.9 Å². The van der Waals surface area contributed by atoms with Crippen molar-refractivity contribution in [3.05, 3.63) is 70.9 Å². The lowest BCUT2D eigenvalue weighted by Gasteiger charge is -2.52. The lowest BCUT2D eigenvalue weighted by atomic mass is 9.52. The lowest BCUT2D eigenvalue weighted by Crippen LogP contribution is -2.41. The first-order valence-electron chi connectivity index (χ1n) is 13.8. The third-order valence-electron chi connectivity index (χ3n) is 11.9. The van der Waals surface area contributed by atoms with Crippen molar-refractivity contribution in [1.82, 2.24) is 0 Å². The van der Waals surface area contributed by atoms with Gasteiger partial charge in [0.25, 0.3) is 0 Å². The molecule has 186 valence electrons. The van der Waals surface area contributed by atoms with Gasteiger partial charge in [-0.2, -0.15) is 0 Å². The molecule has 14 atom stereocenters. The Morgan fingerprint density at radius 1 is 0.417 bits per heavy atom. The predicted molar refractivity (Wildman–Crippen MR) is 137 cm³/mol. The van der Waals surface area contributed by atoms with Crippen LogP contribution in [0.1, 0.15) is 45.9 Å². The van der Waals surface area contributed by atoms with Crippen molar-refractivity contribution in [3.63, 3.8) is 0 Å². The third kappa shape index (κ3) is 2.02. The van der Waals surface area contributed by atoms with E-state index in [1.54, 1.807) is 0 Å². The molecule has 4 nitrogen and oxygen atoms in total. The van der Waals surface area contributed by atoms with Gasteiger partial charge in [-0.3, -0.25) is 0 Å². The standard InChI is InChI=1S/C32H34O4/c1-33-29-17-9-10-18(29)22-14-6-5-13(21(17)22)25-26(14)32(36-4)28-16-8-7-15(27(28)31(25)35-3)23-19-11-12-20(24(16)23)30(19)34-2/h5-24,29-30H,1-4H3/t13-,14+,15+,16-,17+,18-,19-,20+,21-,22-,23+,24-,29?,30?/m0/s1. The molecule has 1 aromatic carbocycles. The van der Waals surface area contributed by atoms with Crippen molar-refractivity contribution in [1.29, 1.82) is 0 Å². The fourth-order valence-corrected chi connectivity index (χ4v) is 11.1. The van der Waals surface area contributed by atoms with E-state index in [0.717, 1.165) is 11.5 Å². The molecule has 4 heteroatoms. The number of fused-ring (bicyclic) bond motifs is 4. The van der Waals surface area contributed by atoms with Crippen molar-refractivity contribution >= 4 is 0 Å². The van der Waals surface area contributed by atoms with Crippen LogP contribution in [0, 0.1) is 47.3 Å². The van der Waals surface area contributed by atoms with Gasteiger partial charge in [0, 0.05) is 83.8 Å². The zero-order valence-corrected chi connectivity index (χ0v) is 21.3. The van der Waals surface area contributed by atoms with Crippen molar-refractivity contribution in [2.75, 3.05) is 28.4 Å². The number of benzene rings is 1. The molecule has 0 amide bonds. The fourth-order valence-electron chi connectivity index (χ4n) is 11.1. The number of methoxy groups -OCH3 is 4. The second-order valence-electron chi connectivity index (χ2n) is 12.4. The zero-order valence-electron chi connectivity index (χ0n) is 21.3. The Morgan fingerprint density at radius 2 is 0.694 bits per heavy atom. The number of allylic oxidation sites excluding steroid dienone is 4. The second kappa shape index (κ2) is 6.76. The maximum absolute atomic E-state index is 6.46. The highest BCUT2D eigenvalue weighted by Crippen LogP contribution is 2.73. The summed E-state index contributed by atoms with van der Waals surface area (Å²) >= 11 is 0. The summed E-state index contributed by atoms with van der Waals surface area (Å²) in [5.74, 6) is 7.99. The molecule has 0 aliphatic heterocycles. The van der Waals surface area contributed by atoms with Gasteiger partial charge in [0.1, 0.15) is 11.5 Å². The Hall–Kier alpha value is -2.30. The average molecular weight is 483 g/mol. The van der Waals surface area contributed by atoms with E-state index in [1.165, 1.54) is 22.3 Å². The molecular weight excluding hydrogens is 448 g/mol. The maximum Gasteiger partial charge on any atom is 0.127 e. The maximum atomic E-state index is 6.46. The summed E-state index contributed by atoms with van der Waals surface area (Å²) in [6, 6.07) is 0. The van der Waals surface area contributed by atoms with Gasteiger partial charge in [-0.15, -0.1) is 0 Å². The molecule has 0 heterocycles. The molecule has 0 N–H and O–H groups in total. The van der Waals surface area contributed by atoms with Crippen LogP contribution < -0.4 is 9.47 Å². The van der Waals surface area contributed by atoms with Crippen LogP contribution in [0.3, 0.4) is 0 Å². The molecule has 0 saturated heterocycles. The summed E-state index contributed by atoms with van der Waals surface area (Å²) in [4.78, 5) is 0. The van der Waals surface area contributed by atoms with E-state index < -0.39 is 0 Å². The highest BCUT2D eigenvalue weighted by atomic mass is 16.5. The largest absolute Gasteiger partial charge is 0.496 e. The van der Waals surface area contributed by atoms with Crippen LogP contribution in [0.2, 0.25) is 0 Å². The minimum absolute atomic E-state index is 0.302. The predicted octanol–water partition coefficient (Wildman–Crippen LogP) is 5.33. The van der Waals surface area contributed by atoms with E-state index in [1.807, 2.05) is 28.4 Å². The van der Waals surface area contributed by atoms with Crippen molar-refractivity contribution < 1.29 is 18.9 Å². The molecule has 0 radical (unpaired) electrons. The molecule has 0 spiro atoms. The highest BCUT2D eigenvalue weighted by molar-refractivity contribution is 5.71. The lowest BCUT2D eigenvalue weighted by molar-refractivity contribution is 0.0655. The highest BCUT2D eigenvalue weighted by Gasteiger charge is 2.65. The first kappa shape index (κ1) is 20.7. The van der Waals surface area contributed by atoms with Crippen LogP contribution >= 0.6 is 0 Å². The van der Waals surface area contributed by atoms with Crippen LogP contribution in [0.4, 0.5) is 0 Å².